The first kappa shape index (κ1) is 23.7. The second kappa shape index (κ2) is 9.84. The van der Waals surface area contributed by atoms with Crippen LogP contribution in [-0.4, -0.2) is 14.1 Å². The Hall–Kier alpha value is -4.41. The van der Waals surface area contributed by atoms with Crippen LogP contribution in [0.2, 0.25) is 0 Å². The van der Waals surface area contributed by atoms with Gasteiger partial charge in [-0.2, -0.15) is 13.2 Å². The minimum Gasteiger partial charge on any atom is -0.378 e. The topological polar surface area (TPSA) is 3.24 Å². The maximum atomic E-state index is 13.1. The van der Waals surface area contributed by atoms with Crippen molar-refractivity contribution in [3.05, 3.63) is 113 Å². The quantitative estimate of drug-likeness (QED) is 0.283. The van der Waals surface area contributed by atoms with Crippen LogP contribution >= 0.6 is 0 Å². The Morgan fingerprint density at radius 1 is 0.686 bits per heavy atom. The molecule has 0 N–H and O–H groups in total. The predicted molar refractivity (Wildman–Crippen MR) is 137 cm³/mol. The zero-order valence-electron chi connectivity index (χ0n) is 19.3. The van der Waals surface area contributed by atoms with E-state index >= 15 is 0 Å². The molecule has 1 nitrogen and oxygen atoms in total. The Morgan fingerprint density at radius 3 is 1.77 bits per heavy atom. The molecule has 0 aliphatic heterocycles. The van der Waals surface area contributed by atoms with Crippen molar-refractivity contribution in [2.24, 2.45) is 0 Å². The van der Waals surface area contributed by atoms with Gasteiger partial charge in [0.25, 0.3) is 0 Å². The van der Waals surface area contributed by atoms with Crippen LogP contribution in [0.1, 0.15) is 22.3 Å². The molecule has 0 atom stereocenters. The van der Waals surface area contributed by atoms with Crippen molar-refractivity contribution in [2.45, 2.75) is 6.18 Å². The molecule has 0 aliphatic carbocycles. The van der Waals surface area contributed by atoms with E-state index < -0.39 is 11.7 Å². The number of benzene rings is 4. The fourth-order valence-corrected chi connectivity index (χ4v) is 3.74. The highest BCUT2D eigenvalue weighted by atomic mass is 19.4. The number of alkyl halides is 3. The minimum atomic E-state index is -4.40. The number of anilines is 1. The first-order chi connectivity index (χ1) is 16.8. The number of rotatable bonds is 3. The summed E-state index contributed by atoms with van der Waals surface area (Å²) < 4.78 is 39.2. The highest BCUT2D eigenvalue weighted by Gasteiger charge is 2.30. The third kappa shape index (κ3) is 5.40. The van der Waals surface area contributed by atoms with E-state index in [2.05, 4.69) is 17.8 Å². The second-order valence-corrected chi connectivity index (χ2v) is 8.22. The number of terminal acetylenes is 1. The van der Waals surface area contributed by atoms with Crippen molar-refractivity contribution in [3.63, 3.8) is 0 Å². The molecule has 0 aliphatic rings. The molecule has 0 aromatic heterocycles. The number of nitrogens with zero attached hydrogens (tertiary/aromatic N) is 1. The van der Waals surface area contributed by atoms with Gasteiger partial charge in [-0.25, -0.2) is 0 Å². The van der Waals surface area contributed by atoms with Crippen LogP contribution in [0.25, 0.3) is 22.3 Å². The van der Waals surface area contributed by atoms with Gasteiger partial charge in [-0.15, -0.1) is 6.42 Å². The van der Waals surface area contributed by atoms with E-state index in [-0.39, 0.29) is 0 Å². The van der Waals surface area contributed by atoms with E-state index in [1.165, 1.54) is 12.1 Å². The first-order valence-electron chi connectivity index (χ1n) is 10.9. The summed E-state index contributed by atoms with van der Waals surface area (Å²) in [4.78, 5) is 2.01. The van der Waals surface area contributed by atoms with Crippen molar-refractivity contribution < 1.29 is 13.2 Å². The molecular weight excluding hydrogens is 443 g/mol. The Balaban J connectivity index is 1.88. The maximum absolute atomic E-state index is 13.1. The molecule has 172 valence electrons. The second-order valence-electron chi connectivity index (χ2n) is 8.22. The standard InChI is InChI=1S/C31H22F3N/c1-4-23-20-30(25-14-18-28(19-15-25)35(2)3)26(11-10-22-8-6-5-7-9-22)21-29(23)24-12-16-27(17-13-24)31(32,33)34/h1,5-9,12-21H,2-3H3. The monoisotopic (exact) mass is 465 g/mol. The molecule has 0 heterocycles. The van der Waals surface area contributed by atoms with Crippen molar-refractivity contribution in [1.82, 2.24) is 0 Å². The molecule has 0 bridgehead atoms. The van der Waals surface area contributed by atoms with E-state index in [4.69, 9.17) is 6.42 Å². The third-order valence-electron chi connectivity index (χ3n) is 5.65. The van der Waals surface area contributed by atoms with Gasteiger partial charge in [-0.05, 0) is 70.8 Å². The average molecular weight is 466 g/mol. The van der Waals surface area contributed by atoms with E-state index in [1.54, 1.807) is 0 Å². The van der Waals surface area contributed by atoms with Crippen LogP contribution in [-0.2, 0) is 6.18 Å². The lowest BCUT2D eigenvalue weighted by Crippen LogP contribution is -2.07. The van der Waals surface area contributed by atoms with Crippen LogP contribution in [0.5, 0.6) is 0 Å². The molecule has 0 unspecified atom stereocenters. The zero-order valence-corrected chi connectivity index (χ0v) is 19.3. The molecular formula is C31H22F3N. The Bertz CT molecular complexity index is 1430. The summed E-state index contributed by atoms with van der Waals surface area (Å²) in [6.07, 6.45) is 1.44. The summed E-state index contributed by atoms with van der Waals surface area (Å²) in [5.74, 6) is 9.14. The fourth-order valence-electron chi connectivity index (χ4n) is 3.74. The van der Waals surface area contributed by atoms with Gasteiger partial charge in [0, 0.05) is 36.5 Å². The Morgan fingerprint density at radius 2 is 1.23 bits per heavy atom. The molecule has 4 aromatic carbocycles. The highest BCUT2D eigenvalue weighted by Crippen LogP contribution is 2.35. The molecule has 4 aromatic rings. The summed E-state index contributed by atoms with van der Waals surface area (Å²) in [6.45, 7) is 0. The molecule has 0 fully saturated rings. The Kier molecular flexibility index (Phi) is 6.67. The zero-order chi connectivity index (χ0) is 25.0. The van der Waals surface area contributed by atoms with E-state index in [0.29, 0.717) is 16.7 Å². The predicted octanol–water partition coefficient (Wildman–Crippen LogP) is 7.49. The van der Waals surface area contributed by atoms with Gasteiger partial charge in [-0.3, -0.25) is 0 Å². The SMILES string of the molecule is C#Cc1cc(-c2ccc(N(C)C)cc2)c(C#Cc2ccccc2)cc1-c1ccc(C(F)(F)F)cc1. The summed E-state index contributed by atoms with van der Waals surface area (Å²) in [6, 6.07) is 26.4. The van der Waals surface area contributed by atoms with Crippen molar-refractivity contribution in [2.75, 3.05) is 19.0 Å². The molecule has 0 saturated carbocycles. The maximum Gasteiger partial charge on any atom is 0.416 e. The molecule has 0 radical (unpaired) electrons. The molecule has 0 spiro atoms. The van der Waals surface area contributed by atoms with Gasteiger partial charge in [0.05, 0.1) is 5.56 Å². The minimum absolute atomic E-state index is 0.585. The van der Waals surface area contributed by atoms with Gasteiger partial charge in [0.1, 0.15) is 0 Å². The summed E-state index contributed by atoms with van der Waals surface area (Å²) in [5.41, 5.74) is 5.61. The summed E-state index contributed by atoms with van der Waals surface area (Å²) in [7, 11) is 3.95. The van der Waals surface area contributed by atoms with Gasteiger partial charge < -0.3 is 4.90 Å². The largest absolute Gasteiger partial charge is 0.416 e. The van der Waals surface area contributed by atoms with Gasteiger partial charge in [0.2, 0.25) is 0 Å². The number of hydrogen-bond acceptors (Lipinski definition) is 1. The van der Waals surface area contributed by atoms with Crippen LogP contribution in [0.15, 0.2) is 91.0 Å². The van der Waals surface area contributed by atoms with Crippen molar-refractivity contribution in [3.8, 4) is 46.4 Å². The molecule has 35 heavy (non-hydrogen) atoms. The van der Waals surface area contributed by atoms with Crippen LogP contribution in [0.3, 0.4) is 0 Å². The number of hydrogen-bond donors (Lipinski definition) is 0. The van der Waals surface area contributed by atoms with Gasteiger partial charge in [-0.1, -0.05) is 60.2 Å². The van der Waals surface area contributed by atoms with E-state index in [1.807, 2.05) is 85.7 Å². The smallest absolute Gasteiger partial charge is 0.378 e. The molecule has 4 rings (SSSR count). The van der Waals surface area contributed by atoms with Gasteiger partial charge in [0.15, 0.2) is 0 Å². The van der Waals surface area contributed by atoms with Gasteiger partial charge >= 0.3 is 6.18 Å². The first-order valence-corrected chi connectivity index (χ1v) is 10.9. The lowest BCUT2D eigenvalue weighted by molar-refractivity contribution is -0.137. The molecule has 0 saturated heterocycles. The highest BCUT2D eigenvalue weighted by molar-refractivity contribution is 5.82. The summed E-state index contributed by atoms with van der Waals surface area (Å²) >= 11 is 0. The number of halogens is 3. The molecule has 0 amide bonds. The van der Waals surface area contributed by atoms with Crippen molar-refractivity contribution in [1.29, 1.82) is 0 Å². The average Bonchev–Trinajstić information content (AvgIpc) is 2.87. The lowest BCUT2D eigenvalue weighted by atomic mass is 9.90. The van der Waals surface area contributed by atoms with Crippen LogP contribution in [0.4, 0.5) is 18.9 Å². The summed E-state index contributed by atoms with van der Waals surface area (Å²) in [5, 5.41) is 0. The molecule has 4 heteroatoms. The van der Waals surface area contributed by atoms with Crippen LogP contribution in [0, 0.1) is 24.2 Å². The normalized spacial score (nSPS) is 10.7. The van der Waals surface area contributed by atoms with E-state index in [9.17, 15) is 13.2 Å². The van der Waals surface area contributed by atoms with Crippen molar-refractivity contribution >= 4 is 5.69 Å². The third-order valence-corrected chi connectivity index (χ3v) is 5.65. The fraction of sp³-hybridized carbons (Fsp3) is 0.0968. The lowest BCUT2D eigenvalue weighted by Gasteiger charge is -2.15. The van der Waals surface area contributed by atoms with Crippen LogP contribution < -0.4 is 4.90 Å². The Labute approximate surface area is 203 Å². The van der Waals surface area contributed by atoms with E-state index in [0.717, 1.165) is 40.1 Å².